The van der Waals surface area contributed by atoms with Crippen molar-refractivity contribution in [2.75, 3.05) is 0 Å². The molecule has 2 aromatic rings. The standard InChI is InChI=1S/C23H28/c1-15-7-9-19(10-8-15)22-17(3)16(2)20-13-23(11-5-6-12-23)14-21(20)18(22)4/h7-10H,5-6,11-14H2,1-4H3. The van der Waals surface area contributed by atoms with Gasteiger partial charge in [0.25, 0.3) is 0 Å². The predicted octanol–water partition coefficient (Wildman–Crippen LogP) is 6.25. The molecule has 0 N–H and O–H groups in total. The van der Waals surface area contributed by atoms with Crippen LogP contribution in [0.5, 0.6) is 0 Å². The Labute approximate surface area is 140 Å². The second-order valence-electron chi connectivity index (χ2n) is 8.13. The second kappa shape index (κ2) is 5.23. The number of benzene rings is 2. The Morgan fingerprint density at radius 2 is 1.26 bits per heavy atom. The molecule has 0 bridgehead atoms. The molecule has 0 heteroatoms. The van der Waals surface area contributed by atoms with Gasteiger partial charge < -0.3 is 0 Å². The van der Waals surface area contributed by atoms with E-state index in [2.05, 4.69) is 52.0 Å². The van der Waals surface area contributed by atoms with Crippen LogP contribution < -0.4 is 0 Å². The average Bonchev–Trinajstić information content (AvgIpc) is 3.15. The van der Waals surface area contributed by atoms with Crippen LogP contribution in [-0.4, -0.2) is 0 Å². The first kappa shape index (κ1) is 15.0. The molecule has 0 aliphatic heterocycles. The fourth-order valence-corrected chi connectivity index (χ4v) is 5.22. The summed E-state index contributed by atoms with van der Waals surface area (Å²) in [5, 5.41) is 0. The summed E-state index contributed by atoms with van der Waals surface area (Å²) >= 11 is 0. The summed E-state index contributed by atoms with van der Waals surface area (Å²) in [6.45, 7) is 9.23. The van der Waals surface area contributed by atoms with E-state index in [1.165, 1.54) is 60.8 Å². The summed E-state index contributed by atoms with van der Waals surface area (Å²) in [4.78, 5) is 0. The fraction of sp³-hybridized carbons (Fsp3) is 0.478. The minimum atomic E-state index is 0.607. The Morgan fingerprint density at radius 1 is 0.696 bits per heavy atom. The molecule has 0 heterocycles. The molecule has 0 aromatic heterocycles. The quantitative estimate of drug-likeness (QED) is 0.584. The van der Waals surface area contributed by atoms with E-state index in [1.54, 1.807) is 22.3 Å². The van der Waals surface area contributed by atoms with Crippen LogP contribution in [0.1, 0.15) is 59.1 Å². The van der Waals surface area contributed by atoms with Gasteiger partial charge in [-0.15, -0.1) is 0 Å². The van der Waals surface area contributed by atoms with Gasteiger partial charge >= 0.3 is 0 Å². The third-order valence-corrected chi connectivity index (χ3v) is 6.69. The number of aryl methyl sites for hydroxylation is 1. The first-order valence-electron chi connectivity index (χ1n) is 9.19. The molecule has 4 rings (SSSR count). The van der Waals surface area contributed by atoms with Crippen molar-refractivity contribution in [1.82, 2.24) is 0 Å². The number of rotatable bonds is 1. The smallest absolute Gasteiger partial charge is 0.0120 e. The van der Waals surface area contributed by atoms with Gasteiger partial charge in [-0.1, -0.05) is 42.7 Å². The summed E-state index contributed by atoms with van der Waals surface area (Å²) in [6.07, 6.45) is 8.43. The third kappa shape index (κ3) is 2.26. The van der Waals surface area contributed by atoms with Gasteiger partial charge in [-0.25, -0.2) is 0 Å². The molecular formula is C23H28. The Bertz CT molecular complexity index is 756. The van der Waals surface area contributed by atoms with Gasteiger partial charge in [-0.2, -0.15) is 0 Å². The molecule has 2 aliphatic carbocycles. The first-order valence-corrected chi connectivity index (χ1v) is 9.19. The van der Waals surface area contributed by atoms with E-state index in [0.29, 0.717) is 5.41 Å². The summed E-state index contributed by atoms with van der Waals surface area (Å²) in [7, 11) is 0. The SMILES string of the molecule is Cc1ccc(-c2c(C)c(C)c3c(c2C)CC2(CCCC2)C3)cc1. The highest BCUT2D eigenvalue weighted by atomic mass is 14.5. The van der Waals surface area contributed by atoms with Crippen LogP contribution in [-0.2, 0) is 12.8 Å². The van der Waals surface area contributed by atoms with E-state index in [1.807, 2.05) is 0 Å². The highest BCUT2D eigenvalue weighted by molar-refractivity contribution is 5.75. The Balaban J connectivity index is 1.88. The second-order valence-corrected chi connectivity index (χ2v) is 8.13. The van der Waals surface area contributed by atoms with E-state index >= 15 is 0 Å². The lowest BCUT2D eigenvalue weighted by atomic mass is 9.83. The maximum atomic E-state index is 2.37. The topological polar surface area (TPSA) is 0 Å². The summed E-state index contributed by atoms with van der Waals surface area (Å²) in [5.41, 5.74) is 12.8. The Hall–Kier alpha value is -1.56. The van der Waals surface area contributed by atoms with Crippen molar-refractivity contribution in [3.63, 3.8) is 0 Å². The van der Waals surface area contributed by atoms with Crippen LogP contribution in [0.25, 0.3) is 11.1 Å². The van der Waals surface area contributed by atoms with Crippen LogP contribution in [0, 0.1) is 33.1 Å². The molecule has 120 valence electrons. The zero-order valence-electron chi connectivity index (χ0n) is 15.1. The van der Waals surface area contributed by atoms with E-state index in [-0.39, 0.29) is 0 Å². The van der Waals surface area contributed by atoms with Crippen LogP contribution in [0.2, 0.25) is 0 Å². The molecule has 23 heavy (non-hydrogen) atoms. The molecule has 0 saturated heterocycles. The zero-order valence-corrected chi connectivity index (χ0v) is 15.1. The van der Waals surface area contributed by atoms with Gasteiger partial charge in [-0.3, -0.25) is 0 Å². The van der Waals surface area contributed by atoms with E-state index in [4.69, 9.17) is 0 Å². The minimum absolute atomic E-state index is 0.607. The van der Waals surface area contributed by atoms with E-state index in [9.17, 15) is 0 Å². The number of hydrogen-bond donors (Lipinski definition) is 0. The molecule has 1 saturated carbocycles. The van der Waals surface area contributed by atoms with Crippen molar-refractivity contribution < 1.29 is 0 Å². The number of fused-ring (bicyclic) bond motifs is 1. The summed E-state index contributed by atoms with van der Waals surface area (Å²) in [6, 6.07) is 9.10. The van der Waals surface area contributed by atoms with Crippen LogP contribution >= 0.6 is 0 Å². The van der Waals surface area contributed by atoms with Crippen LogP contribution in [0.15, 0.2) is 24.3 Å². The molecule has 2 aliphatic rings. The van der Waals surface area contributed by atoms with Crippen molar-refractivity contribution >= 4 is 0 Å². The Morgan fingerprint density at radius 3 is 1.87 bits per heavy atom. The van der Waals surface area contributed by atoms with Gasteiger partial charge in [-0.05, 0) is 97.7 Å². The largest absolute Gasteiger partial charge is 0.0587 e. The molecule has 0 radical (unpaired) electrons. The van der Waals surface area contributed by atoms with Gasteiger partial charge in [0.1, 0.15) is 0 Å². The van der Waals surface area contributed by atoms with Gasteiger partial charge in [0.2, 0.25) is 0 Å². The molecule has 2 aromatic carbocycles. The van der Waals surface area contributed by atoms with Crippen molar-refractivity contribution in [2.45, 2.75) is 66.2 Å². The first-order chi connectivity index (χ1) is 11.0. The lowest BCUT2D eigenvalue weighted by molar-refractivity contribution is 0.317. The highest BCUT2D eigenvalue weighted by Crippen LogP contribution is 2.52. The maximum Gasteiger partial charge on any atom is -0.0120 e. The van der Waals surface area contributed by atoms with Gasteiger partial charge in [0, 0.05) is 0 Å². The molecule has 0 amide bonds. The lowest BCUT2D eigenvalue weighted by Gasteiger charge is -2.21. The fourth-order valence-electron chi connectivity index (χ4n) is 5.22. The highest BCUT2D eigenvalue weighted by Gasteiger charge is 2.41. The normalized spacial score (nSPS) is 18.6. The zero-order chi connectivity index (χ0) is 16.2. The third-order valence-electron chi connectivity index (χ3n) is 6.69. The lowest BCUT2D eigenvalue weighted by Crippen LogP contribution is -2.15. The van der Waals surface area contributed by atoms with Crippen LogP contribution in [0.4, 0.5) is 0 Å². The predicted molar refractivity (Wildman–Crippen MR) is 99.1 cm³/mol. The molecule has 0 nitrogen and oxygen atoms in total. The molecule has 0 atom stereocenters. The molecule has 0 unspecified atom stereocenters. The minimum Gasteiger partial charge on any atom is -0.0587 e. The maximum absolute atomic E-state index is 2.37. The molecule has 1 fully saturated rings. The van der Waals surface area contributed by atoms with Crippen molar-refractivity contribution in [1.29, 1.82) is 0 Å². The van der Waals surface area contributed by atoms with Gasteiger partial charge in [0.15, 0.2) is 0 Å². The monoisotopic (exact) mass is 304 g/mol. The Kier molecular flexibility index (Phi) is 3.41. The van der Waals surface area contributed by atoms with Crippen LogP contribution in [0.3, 0.4) is 0 Å². The average molecular weight is 304 g/mol. The summed E-state index contributed by atoms with van der Waals surface area (Å²) in [5.74, 6) is 0. The summed E-state index contributed by atoms with van der Waals surface area (Å²) < 4.78 is 0. The van der Waals surface area contributed by atoms with Gasteiger partial charge in [0.05, 0.1) is 0 Å². The van der Waals surface area contributed by atoms with Crippen molar-refractivity contribution in [2.24, 2.45) is 5.41 Å². The van der Waals surface area contributed by atoms with E-state index < -0.39 is 0 Å². The van der Waals surface area contributed by atoms with E-state index in [0.717, 1.165) is 0 Å². The van der Waals surface area contributed by atoms with Crippen molar-refractivity contribution in [3.8, 4) is 11.1 Å². The number of hydrogen-bond acceptors (Lipinski definition) is 0. The molecule has 1 spiro atoms. The molecular weight excluding hydrogens is 276 g/mol. The van der Waals surface area contributed by atoms with Crippen molar-refractivity contribution in [3.05, 3.63) is 57.6 Å².